The molecule has 3 fully saturated rings. The van der Waals surface area contributed by atoms with E-state index in [4.69, 9.17) is 4.74 Å². The molecular weight excluding hydrogens is 344 g/mol. The quantitative estimate of drug-likeness (QED) is 0.397. The second-order valence-corrected chi connectivity index (χ2v) is 10.4. The molecule has 0 spiro atoms. The smallest absolute Gasteiger partial charge is 0.309 e. The van der Waals surface area contributed by atoms with Gasteiger partial charge in [0, 0.05) is 0 Å². The van der Waals surface area contributed by atoms with Gasteiger partial charge in [0.05, 0.1) is 5.92 Å². The number of hydrogen-bond acceptors (Lipinski definition) is 2. The van der Waals surface area contributed by atoms with E-state index in [2.05, 4.69) is 13.8 Å². The van der Waals surface area contributed by atoms with Gasteiger partial charge in [-0.15, -0.1) is 0 Å². The molecular formula is C26H46O2. The van der Waals surface area contributed by atoms with Crippen LogP contribution in [-0.2, 0) is 9.53 Å². The zero-order chi connectivity index (χ0) is 19.8. The number of rotatable bonds is 8. The average Bonchev–Trinajstić information content (AvgIpc) is 2.74. The summed E-state index contributed by atoms with van der Waals surface area (Å²) in [5, 5.41) is 0. The van der Waals surface area contributed by atoms with E-state index in [9.17, 15) is 4.79 Å². The summed E-state index contributed by atoms with van der Waals surface area (Å²) in [6.07, 6.45) is 22.3. The molecule has 0 bridgehead atoms. The van der Waals surface area contributed by atoms with E-state index >= 15 is 0 Å². The minimum Gasteiger partial charge on any atom is -0.462 e. The van der Waals surface area contributed by atoms with Gasteiger partial charge in [0.1, 0.15) is 6.10 Å². The van der Waals surface area contributed by atoms with Crippen molar-refractivity contribution in [1.82, 2.24) is 0 Å². The molecule has 0 aromatic heterocycles. The van der Waals surface area contributed by atoms with Crippen LogP contribution in [0.5, 0.6) is 0 Å². The topological polar surface area (TPSA) is 26.3 Å². The molecule has 3 rings (SSSR count). The molecule has 0 atom stereocenters. The SMILES string of the molecule is CCCCC1CCC(C(=O)OC2CCC(C3CCC(CCC)CC3)CC2)CC1. The van der Waals surface area contributed by atoms with Crippen LogP contribution < -0.4 is 0 Å². The van der Waals surface area contributed by atoms with E-state index in [-0.39, 0.29) is 18.0 Å². The highest BCUT2D eigenvalue weighted by Crippen LogP contribution is 2.42. The summed E-state index contributed by atoms with van der Waals surface area (Å²) < 4.78 is 5.99. The molecule has 162 valence electrons. The Morgan fingerprint density at radius 1 is 0.679 bits per heavy atom. The lowest BCUT2D eigenvalue weighted by Gasteiger charge is -2.38. The molecule has 0 saturated heterocycles. The van der Waals surface area contributed by atoms with Crippen LogP contribution in [0.2, 0.25) is 0 Å². The average molecular weight is 391 g/mol. The molecule has 0 N–H and O–H groups in total. The lowest BCUT2D eigenvalue weighted by atomic mass is 9.70. The highest BCUT2D eigenvalue weighted by molar-refractivity contribution is 5.72. The third kappa shape index (κ3) is 6.49. The van der Waals surface area contributed by atoms with Crippen LogP contribution in [0.1, 0.15) is 123 Å². The van der Waals surface area contributed by atoms with Gasteiger partial charge in [-0.05, 0) is 87.9 Å². The standard InChI is InChI=1S/C26H46O2/c1-3-5-7-21-10-14-24(15-11-21)26(27)28-25-18-16-23(17-19-25)22-12-8-20(6-4-2)9-13-22/h20-25H,3-19H2,1-2H3. The first-order valence-corrected chi connectivity index (χ1v) is 12.9. The van der Waals surface area contributed by atoms with Gasteiger partial charge in [0.25, 0.3) is 0 Å². The predicted molar refractivity (Wildman–Crippen MR) is 117 cm³/mol. The molecule has 0 aromatic rings. The summed E-state index contributed by atoms with van der Waals surface area (Å²) in [5.41, 5.74) is 0. The Balaban J connectivity index is 1.32. The van der Waals surface area contributed by atoms with Crippen LogP contribution >= 0.6 is 0 Å². The van der Waals surface area contributed by atoms with E-state index in [0.717, 1.165) is 49.4 Å². The van der Waals surface area contributed by atoms with Crippen molar-refractivity contribution in [2.45, 2.75) is 129 Å². The first-order chi connectivity index (χ1) is 13.7. The number of hydrogen-bond donors (Lipinski definition) is 0. The maximum absolute atomic E-state index is 12.6. The van der Waals surface area contributed by atoms with Gasteiger partial charge >= 0.3 is 5.97 Å². The number of unbranched alkanes of at least 4 members (excludes halogenated alkanes) is 1. The second-order valence-electron chi connectivity index (χ2n) is 10.4. The number of carbonyl (C=O) groups excluding carboxylic acids is 1. The number of ether oxygens (including phenoxy) is 1. The lowest BCUT2D eigenvalue weighted by Crippen LogP contribution is -2.32. The van der Waals surface area contributed by atoms with E-state index in [0.29, 0.717) is 0 Å². The summed E-state index contributed by atoms with van der Waals surface area (Å²) in [5.74, 6) is 4.08. The molecule has 0 unspecified atom stereocenters. The Morgan fingerprint density at radius 2 is 1.21 bits per heavy atom. The van der Waals surface area contributed by atoms with E-state index in [1.165, 1.54) is 83.5 Å². The van der Waals surface area contributed by atoms with E-state index in [1.807, 2.05) is 0 Å². The summed E-state index contributed by atoms with van der Waals surface area (Å²) in [7, 11) is 0. The zero-order valence-corrected chi connectivity index (χ0v) is 18.8. The summed E-state index contributed by atoms with van der Waals surface area (Å²) in [6, 6.07) is 0. The van der Waals surface area contributed by atoms with Gasteiger partial charge in [-0.25, -0.2) is 0 Å². The minimum absolute atomic E-state index is 0.137. The van der Waals surface area contributed by atoms with Crippen LogP contribution in [0, 0.1) is 29.6 Å². The highest BCUT2D eigenvalue weighted by atomic mass is 16.5. The van der Waals surface area contributed by atoms with Crippen LogP contribution in [0.4, 0.5) is 0 Å². The second kappa shape index (κ2) is 11.6. The van der Waals surface area contributed by atoms with Crippen molar-refractivity contribution in [2.24, 2.45) is 29.6 Å². The molecule has 2 heteroatoms. The maximum atomic E-state index is 12.6. The predicted octanol–water partition coefficient (Wildman–Crippen LogP) is 7.69. The summed E-state index contributed by atoms with van der Waals surface area (Å²) >= 11 is 0. The van der Waals surface area contributed by atoms with Crippen LogP contribution in [-0.4, -0.2) is 12.1 Å². The molecule has 0 aliphatic heterocycles. The van der Waals surface area contributed by atoms with Gasteiger partial charge in [-0.2, -0.15) is 0 Å². The Labute approximate surface area is 174 Å². The van der Waals surface area contributed by atoms with E-state index in [1.54, 1.807) is 0 Å². The Bertz CT molecular complexity index is 435. The molecule has 0 heterocycles. The van der Waals surface area contributed by atoms with Gasteiger partial charge < -0.3 is 4.74 Å². The van der Waals surface area contributed by atoms with Gasteiger partial charge in [0.2, 0.25) is 0 Å². The third-order valence-electron chi connectivity index (χ3n) is 8.40. The largest absolute Gasteiger partial charge is 0.462 e. The molecule has 3 aliphatic rings. The number of esters is 1. The van der Waals surface area contributed by atoms with Crippen LogP contribution in [0.3, 0.4) is 0 Å². The van der Waals surface area contributed by atoms with Crippen molar-refractivity contribution >= 4 is 5.97 Å². The fraction of sp³-hybridized carbons (Fsp3) is 0.962. The molecule has 0 aromatic carbocycles. The van der Waals surface area contributed by atoms with Crippen molar-refractivity contribution in [2.75, 3.05) is 0 Å². The van der Waals surface area contributed by atoms with Crippen LogP contribution in [0.15, 0.2) is 0 Å². The van der Waals surface area contributed by atoms with Gasteiger partial charge in [-0.1, -0.05) is 58.8 Å². The third-order valence-corrected chi connectivity index (χ3v) is 8.40. The van der Waals surface area contributed by atoms with Gasteiger partial charge in [-0.3, -0.25) is 4.79 Å². The zero-order valence-electron chi connectivity index (χ0n) is 18.8. The Kier molecular flexibility index (Phi) is 9.18. The first kappa shape index (κ1) is 22.2. The maximum Gasteiger partial charge on any atom is 0.309 e. The van der Waals surface area contributed by atoms with Crippen molar-refractivity contribution in [3.05, 3.63) is 0 Å². The molecule has 0 radical (unpaired) electrons. The summed E-state index contributed by atoms with van der Waals surface area (Å²) in [6.45, 7) is 4.60. The van der Waals surface area contributed by atoms with E-state index < -0.39 is 0 Å². The monoisotopic (exact) mass is 390 g/mol. The molecule has 0 amide bonds. The van der Waals surface area contributed by atoms with Crippen molar-refractivity contribution in [3.63, 3.8) is 0 Å². The minimum atomic E-state index is 0.137. The molecule has 3 aliphatic carbocycles. The summed E-state index contributed by atoms with van der Waals surface area (Å²) in [4.78, 5) is 12.6. The first-order valence-electron chi connectivity index (χ1n) is 12.9. The van der Waals surface area contributed by atoms with Gasteiger partial charge in [0.15, 0.2) is 0 Å². The van der Waals surface area contributed by atoms with Crippen LogP contribution in [0.25, 0.3) is 0 Å². The molecule has 3 saturated carbocycles. The van der Waals surface area contributed by atoms with Crippen molar-refractivity contribution < 1.29 is 9.53 Å². The fourth-order valence-corrected chi connectivity index (χ4v) is 6.47. The van der Waals surface area contributed by atoms with Crippen molar-refractivity contribution in [3.8, 4) is 0 Å². The Morgan fingerprint density at radius 3 is 1.79 bits per heavy atom. The molecule has 2 nitrogen and oxygen atoms in total. The molecule has 28 heavy (non-hydrogen) atoms. The highest BCUT2D eigenvalue weighted by Gasteiger charge is 2.33. The number of carbonyl (C=O) groups is 1. The fourth-order valence-electron chi connectivity index (χ4n) is 6.47. The normalized spacial score (nSPS) is 36.8. The lowest BCUT2D eigenvalue weighted by molar-refractivity contribution is -0.157. The van der Waals surface area contributed by atoms with Crippen molar-refractivity contribution in [1.29, 1.82) is 0 Å². The Hall–Kier alpha value is -0.530.